The Morgan fingerprint density at radius 2 is 1.85 bits per heavy atom. The van der Waals surface area contributed by atoms with Crippen LogP contribution in [0.5, 0.6) is 17.2 Å². The third-order valence-corrected chi connectivity index (χ3v) is 3.50. The van der Waals surface area contributed by atoms with Crippen LogP contribution in [0.3, 0.4) is 0 Å². The first kappa shape index (κ1) is 14.5. The third-order valence-electron chi connectivity index (χ3n) is 3.50. The van der Waals surface area contributed by atoms with Crippen LogP contribution in [0.1, 0.15) is 24.8 Å². The Balaban J connectivity index is 1.76. The van der Waals surface area contributed by atoms with Crippen molar-refractivity contribution in [1.82, 2.24) is 10.2 Å². The van der Waals surface area contributed by atoms with Crippen molar-refractivity contribution in [3.63, 3.8) is 0 Å². The van der Waals surface area contributed by atoms with Crippen LogP contribution < -0.4 is 5.32 Å². The monoisotopic (exact) mass is 280 g/mol. The van der Waals surface area contributed by atoms with Crippen LogP contribution in [0.2, 0.25) is 0 Å². The van der Waals surface area contributed by atoms with Crippen LogP contribution in [0.15, 0.2) is 12.1 Å². The highest BCUT2D eigenvalue weighted by molar-refractivity contribution is 5.76. The maximum absolute atomic E-state index is 11.8. The molecule has 2 rings (SSSR count). The quantitative estimate of drug-likeness (QED) is 0.475. The van der Waals surface area contributed by atoms with Gasteiger partial charge in [-0.05, 0) is 18.9 Å². The van der Waals surface area contributed by atoms with Gasteiger partial charge in [0.1, 0.15) is 0 Å². The van der Waals surface area contributed by atoms with Crippen LogP contribution in [-0.2, 0) is 11.3 Å². The minimum Gasteiger partial charge on any atom is -0.504 e. The molecule has 1 aliphatic rings. The summed E-state index contributed by atoms with van der Waals surface area (Å²) in [5.41, 5.74) is 0.480. The van der Waals surface area contributed by atoms with Gasteiger partial charge in [0.05, 0.1) is 0 Å². The lowest BCUT2D eigenvalue weighted by Gasteiger charge is -2.15. The molecule has 6 nitrogen and oxygen atoms in total. The molecule has 1 aromatic rings. The number of likely N-dealkylation sites (tertiary alicyclic amines) is 1. The second kappa shape index (κ2) is 6.47. The van der Waals surface area contributed by atoms with Crippen LogP contribution in [-0.4, -0.2) is 45.8 Å². The smallest absolute Gasteiger partial charge is 0.223 e. The lowest BCUT2D eigenvalue weighted by molar-refractivity contribution is -0.130. The van der Waals surface area contributed by atoms with Gasteiger partial charge in [-0.1, -0.05) is 6.07 Å². The number of nitrogens with one attached hydrogen (secondary N) is 1. The minimum atomic E-state index is -0.516. The highest BCUT2D eigenvalue weighted by Gasteiger charge is 2.17. The Morgan fingerprint density at radius 3 is 2.55 bits per heavy atom. The van der Waals surface area contributed by atoms with Crippen molar-refractivity contribution in [2.24, 2.45) is 0 Å². The number of amides is 1. The normalized spacial score (nSPS) is 14.7. The van der Waals surface area contributed by atoms with Crippen molar-refractivity contribution < 1.29 is 20.1 Å². The molecular formula is C14H20N2O4. The average molecular weight is 280 g/mol. The van der Waals surface area contributed by atoms with Crippen molar-refractivity contribution in [2.75, 3.05) is 19.6 Å². The van der Waals surface area contributed by atoms with Gasteiger partial charge in [0.2, 0.25) is 11.7 Å². The maximum atomic E-state index is 11.8. The van der Waals surface area contributed by atoms with E-state index in [0.717, 1.165) is 25.9 Å². The molecule has 20 heavy (non-hydrogen) atoms. The third kappa shape index (κ3) is 3.33. The summed E-state index contributed by atoms with van der Waals surface area (Å²) in [6.45, 7) is 2.54. The summed E-state index contributed by atoms with van der Waals surface area (Å²) in [6, 6.07) is 2.85. The van der Waals surface area contributed by atoms with Gasteiger partial charge in [-0.15, -0.1) is 0 Å². The molecule has 0 unspecified atom stereocenters. The number of carbonyl (C=O) groups is 1. The standard InChI is InChI=1S/C14H20N2O4/c17-11-4-3-10(13(19)14(11)20)9-15-6-5-12(18)16-7-1-2-8-16/h3-4,15,17,19-20H,1-2,5-9H2. The topological polar surface area (TPSA) is 93.0 Å². The molecule has 0 bridgehead atoms. The zero-order valence-electron chi connectivity index (χ0n) is 11.3. The summed E-state index contributed by atoms with van der Waals surface area (Å²) in [5.74, 6) is -1.05. The molecule has 0 saturated carbocycles. The summed E-state index contributed by atoms with van der Waals surface area (Å²) in [4.78, 5) is 13.7. The van der Waals surface area contributed by atoms with Crippen molar-refractivity contribution in [3.8, 4) is 17.2 Å². The molecule has 1 amide bonds. The van der Waals surface area contributed by atoms with Gasteiger partial charge in [0, 0.05) is 38.2 Å². The fourth-order valence-corrected chi connectivity index (χ4v) is 2.30. The summed E-state index contributed by atoms with van der Waals surface area (Å²) in [6.07, 6.45) is 2.59. The highest BCUT2D eigenvalue weighted by atomic mass is 16.3. The minimum absolute atomic E-state index is 0.146. The molecule has 1 aromatic carbocycles. The van der Waals surface area contributed by atoms with Gasteiger partial charge < -0.3 is 25.5 Å². The van der Waals surface area contributed by atoms with E-state index in [4.69, 9.17) is 0 Å². The predicted molar refractivity (Wildman–Crippen MR) is 73.6 cm³/mol. The van der Waals surface area contributed by atoms with Crippen molar-refractivity contribution in [1.29, 1.82) is 0 Å². The summed E-state index contributed by atoms with van der Waals surface area (Å²) in [7, 11) is 0. The van der Waals surface area contributed by atoms with Crippen LogP contribution in [0.25, 0.3) is 0 Å². The molecule has 1 saturated heterocycles. The number of benzene rings is 1. The van der Waals surface area contributed by atoms with Gasteiger partial charge in [-0.2, -0.15) is 0 Å². The molecule has 110 valence electrons. The number of hydrogen-bond acceptors (Lipinski definition) is 5. The van der Waals surface area contributed by atoms with E-state index in [1.165, 1.54) is 12.1 Å². The first-order valence-electron chi connectivity index (χ1n) is 6.81. The lowest BCUT2D eigenvalue weighted by atomic mass is 10.1. The number of rotatable bonds is 5. The number of hydrogen-bond donors (Lipinski definition) is 4. The Bertz CT molecular complexity index is 484. The first-order chi connectivity index (χ1) is 9.59. The van der Waals surface area contributed by atoms with E-state index in [0.29, 0.717) is 25.1 Å². The van der Waals surface area contributed by atoms with Crippen molar-refractivity contribution >= 4 is 5.91 Å². The van der Waals surface area contributed by atoms with Crippen molar-refractivity contribution in [3.05, 3.63) is 17.7 Å². The highest BCUT2D eigenvalue weighted by Crippen LogP contribution is 2.36. The summed E-state index contributed by atoms with van der Waals surface area (Å²) < 4.78 is 0. The van der Waals surface area contributed by atoms with E-state index in [2.05, 4.69) is 5.32 Å². The molecule has 0 spiro atoms. The molecule has 1 aliphatic heterocycles. The van der Waals surface area contributed by atoms with Gasteiger partial charge in [0.25, 0.3) is 0 Å². The lowest BCUT2D eigenvalue weighted by Crippen LogP contribution is -2.30. The molecule has 1 fully saturated rings. The largest absolute Gasteiger partial charge is 0.504 e. The number of phenolic OH excluding ortho intramolecular Hbond substituents is 3. The van der Waals surface area contributed by atoms with E-state index in [-0.39, 0.29) is 17.4 Å². The molecule has 6 heteroatoms. The zero-order chi connectivity index (χ0) is 14.5. The first-order valence-corrected chi connectivity index (χ1v) is 6.81. The molecule has 4 N–H and O–H groups in total. The van der Waals surface area contributed by atoms with Gasteiger partial charge >= 0.3 is 0 Å². The Morgan fingerprint density at radius 1 is 1.15 bits per heavy atom. The second-order valence-electron chi connectivity index (χ2n) is 4.96. The average Bonchev–Trinajstić information content (AvgIpc) is 2.97. The Labute approximate surface area is 117 Å². The maximum Gasteiger partial charge on any atom is 0.223 e. The number of nitrogens with zero attached hydrogens (tertiary/aromatic N) is 1. The van der Waals surface area contributed by atoms with E-state index in [1.807, 2.05) is 4.90 Å². The number of aromatic hydroxyl groups is 3. The van der Waals surface area contributed by atoms with Gasteiger partial charge in [-0.3, -0.25) is 4.79 Å². The van der Waals surface area contributed by atoms with E-state index in [9.17, 15) is 20.1 Å². The second-order valence-corrected chi connectivity index (χ2v) is 4.96. The number of carbonyl (C=O) groups excluding carboxylic acids is 1. The predicted octanol–water partition coefficient (Wildman–Crippen LogP) is 0.905. The summed E-state index contributed by atoms with van der Waals surface area (Å²) >= 11 is 0. The van der Waals surface area contributed by atoms with Crippen LogP contribution >= 0.6 is 0 Å². The fourth-order valence-electron chi connectivity index (χ4n) is 2.30. The molecule has 0 atom stereocenters. The van der Waals surface area contributed by atoms with Gasteiger partial charge in [-0.25, -0.2) is 0 Å². The van der Waals surface area contributed by atoms with E-state index >= 15 is 0 Å². The Kier molecular flexibility index (Phi) is 4.68. The van der Waals surface area contributed by atoms with E-state index in [1.54, 1.807) is 0 Å². The van der Waals surface area contributed by atoms with Crippen LogP contribution in [0, 0.1) is 0 Å². The van der Waals surface area contributed by atoms with E-state index < -0.39 is 5.75 Å². The molecular weight excluding hydrogens is 260 g/mol. The molecule has 0 radical (unpaired) electrons. The molecule has 0 aromatic heterocycles. The zero-order valence-corrected chi connectivity index (χ0v) is 11.3. The van der Waals surface area contributed by atoms with Crippen molar-refractivity contribution in [2.45, 2.75) is 25.8 Å². The molecule has 0 aliphatic carbocycles. The summed E-state index contributed by atoms with van der Waals surface area (Å²) in [5, 5.41) is 31.3. The fraction of sp³-hybridized carbons (Fsp3) is 0.500. The SMILES string of the molecule is O=C(CCNCc1ccc(O)c(O)c1O)N1CCCC1. The molecule has 1 heterocycles. The number of phenols is 3. The van der Waals surface area contributed by atoms with Gasteiger partial charge in [0.15, 0.2) is 11.5 Å². The van der Waals surface area contributed by atoms with Crippen LogP contribution in [0.4, 0.5) is 0 Å². The Hall–Kier alpha value is -1.95.